The smallest absolute Gasteiger partial charge is 0.231 e. The summed E-state index contributed by atoms with van der Waals surface area (Å²) in [5.41, 5.74) is 0.392. The maximum atomic E-state index is 12.0. The zero-order valence-corrected chi connectivity index (χ0v) is 8.24. The van der Waals surface area contributed by atoms with Crippen LogP contribution in [0.1, 0.15) is 21.4 Å². The normalized spacial score (nSPS) is 21.3. The first-order chi connectivity index (χ1) is 8.43. The van der Waals surface area contributed by atoms with E-state index in [2.05, 4.69) is 5.32 Å². The molecule has 4 heteroatoms. The Morgan fingerprint density at radius 1 is 1.60 bits per heavy atom. The van der Waals surface area contributed by atoms with Crippen LogP contribution in [-0.2, 0) is 0 Å². The maximum Gasteiger partial charge on any atom is 0.231 e. The fourth-order valence-corrected chi connectivity index (χ4v) is 1.28. The van der Waals surface area contributed by atoms with Crippen LogP contribution in [0, 0.1) is 0 Å². The fourth-order valence-electron chi connectivity index (χ4n) is 1.28. The molecule has 0 bridgehead atoms. The lowest BCUT2D eigenvalue weighted by molar-refractivity contribution is 0.0954. The molecule has 1 unspecified atom stereocenters. The number of carbonyl (C=O) groups is 1. The zero-order valence-electron chi connectivity index (χ0n) is 11.2. The summed E-state index contributed by atoms with van der Waals surface area (Å²) in [6.07, 6.45) is 0. The summed E-state index contributed by atoms with van der Waals surface area (Å²) >= 11 is 0. The molecule has 1 atom stereocenters. The summed E-state index contributed by atoms with van der Waals surface area (Å²) in [6, 6.07) is 4.03. The Labute approximate surface area is 92.4 Å². The fraction of sp³-hybridized carbons (Fsp3) is 0.364. The van der Waals surface area contributed by atoms with Crippen LogP contribution in [0.3, 0.4) is 0 Å². The van der Waals surface area contributed by atoms with E-state index in [0.717, 1.165) is 0 Å². The quantitative estimate of drug-likeness (QED) is 0.762. The summed E-state index contributed by atoms with van der Waals surface area (Å²) in [4.78, 5) is 12.0. The van der Waals surface area contributed by atoms with Crippen molar-refractivity contribution in [3.8, 4) is 11.5 Å². The number of rotatable bonds is 3. The van der Waals surface area contributed by atoms with E-state index in [1.165, 1.54) is 12.1 Å². The standard InChI is InChI=1S/C11H13NO3/c1-7(12-2)11(13)8-3-4-9-10(5-8)15-6-14-9/h3-5,7,12H,6H2,1-2H3/i2D,6D2. The van der Waals surface area contributed by atoms with Crippen LogP contribution >= 0.6 is 0 Å². The van der Waals surface area contributed by atoms with Gasteiger partial charge in [-0.15, -0.1) is 0 Å². The lowest BCUT2D eigenvalue weighted by Gasteiger charge is -2.09. The Morgan fingerprint density at radius 3 is 3.20 bits per heavy atom. The van der Waals surface area contributed by atoms with Gasteiger partial charge in [-0.05, 0) is 32.1 Å². The lowest BCUT2D eigenvalue weighted by Crippen LogP contribution is -2.30. The van der Waals surface area contributed by atoms with Crippen molar-refractivity contribution in [3.63, 3.8) is 0 Å². The highest BCUT2D eigenvalue weighted by atomic mass is 16.7. The molecule has 1 aliphatic rings. The van der Waals surface area contributed by atoms with Crippen LogP contribution in [0.4, 0.5) is 0 Å². The number of hydrogen-bond donors (Lipinski definition) is 1. The van der Waals surface area contributed by atoms with Crippen LogP contribution in [0.25, 0.3) is 0 Å². The van der Waals surface area contributed by atoms with Gasteiger partial charge in [-0.1, -0.05) is 0 Å². The number of carbonyl (C=O) groups excluding carboxylic acids is 1. The Bertz CT molecular complexity index is 479. The molecule has 80 valence electrons. The van der Waals surface area contributed by atoms with Crippen molar-refractivity contribution in [2.24, 2.45) is 0 Å². The lowest BCUT2D eigenvalue weighted by atomic mass is 10.1. The second kappa shape index (κ2) is 3.90. The van der Waals surface area contributed by atoms with Crippen molar-refractivity contribution in [1.29, 1.82) is 0 Å². The summed E-state index contributed by atoms with van der Waals surface area (Å²) < 4.78 is 31.4. The van der Waals surface area contributed by atoms with Gasteiger partial charge in [0.1, 0.15) is 2.74 Å². The summed E-state index contributed by atoms with van der Waals surface area (Å²) in [6.45, 7) is -0.518. The summed E-state index contributed by atoms with van der Waals surface area (Å²) in [5, 5.41) is 2.70. The molecule has 1 aliphatic heterocycles. The molecular weight excluding hydrogens is 194 g/mol. The largest absolute Gasteiger partial charge is 0.454 e. The molecule has 0 amide bonds. The second-order valence-corrected chi connectivity index (χ2v) is 3.24. The molecule has 4 nitrogen and oxygen atoms in total. The molecule has 1 aromatic rings. The minimum Gasteiger partial charge on any atom is -0.454 e. The third kappa shape index (κ3) is 1.80. The van der Waals surface area contributed by atoms with Gasteiger partial charge in [0.25, 0.3) is 0 Å². The number of benzene rings is 1. The highest BCUT2D eigenvalue weighted by Gasteiger charge is 2.18. The average molecular weight is 210 g/mol. The Hall–Kier alpha value is -1.55. The van der Waals surface area contributed by atoms with Gasteiger partial charge in [0.15, 0.2) is 17.3 Å². The predicted octanol–water partition coefficient (Wildman–Crippen LogP) is 1.21. The van der Waals surface area contributed by atoms with Crippen LogP contribution < -0.4 is 14.8 Å². The van der Waals surface area contributed by atoms with E-state index < -0.39 is 12.8 Å². The Morgan fingerprint density at radius 2 is 2.40 bits per heavy atom. The average Bonchev–Trinajstić information content (AvgIpc) is 2.60. The van der Waals surface area contributed by atoms with Gasteiger partial charge in [0.2, 0.25) is 6.75 Å². The van der Waals surface area contributed by atoms with Crippen molar-refractivity contribution in [1.82, 2.24) is 5.32 Å². The van der Waals surface area contributed by atoms with Gasteiger partial charge in [-0.3, -0.25) is 4.79 Å². The molecule has 1 aromatic carbocycles. The van der Waals surface area contributed by atoms with E-state index >= 15 is 0 Å². The van der Waals surface area contributed by atoms with Crippen LogP contribution in [0.5, 0.6) is 11.5 Å². The summed E-state index contributed by atoms with van der Waals surface area (Å²) in [7, 11) is -0.0417. The number of nitrogens with one attached hydrogen (secondary N) is 1. The van der Waals surface area contributed by atoms with Gasteiger partial charge in [-0.2, -0.15) is 0 Å². The number of hydrogen-bond acceptors (Lipinski definition) is 4. The Kier molecular flexibility index (Phi) is 1.78. The van der Waals surface area contributed by atoms with Crippen molar-refractivity contribution < 1.29 is 18.4 Å². The highest BCUT2D eigenvalue weighted by Crippen LogP contribution is 2.32. The number of fused-ring (bicyclic) bond motifs is 1. The number of likely N-dealkylation sites (N-methyl/N-ethyl adjacent to an activating group) is 1. The topological polar surface area (TPSA) is 47.6 Å². The van der Waals surface area contributed by atoms with E-state index in [1.807, 2.05) is 0 Å². The highest BCUT2D eigenvalue weighted by molar-refractivity contribution is 6.00. The van der Waals surface area contributed by atoms with Crippen molar-refractivity contribution >= 4 is 5.78 Å². The molecule has 0 spiro atoms. The van der Waals surface area contributed by atoms with Crippen LogP contribution in [0.15, 0.2) is 18.2 Å². The molecule has 0 radical (unpaired) electrons. The molecule has 0 saturated heterocycles. The van der Waals surface area contributed by atoms with Gasteiger partial charge in [0, 0.05) is 6.93 Å². The van der Waals surface area contributed by atoms with Crippen molar-refractivity contribution in [2.45, 2.75) is 13.0 Å². The van der Waals surface area contributed by atoms with Gasteiger partial charge < -0.3 is 14.8 Å². The molecule has 15 heavy (non-hydrogen) atoms. The van der Waals surface area contributed by atoms with E-state index in [0.29, 0.717) is 5.56 Å². The van der Waals surface area contributed by atoms with E-state index in [1.54, 1.807) is 13.0 Å². The van der Waals surface area contributed by atoms with E-state index in [-0.39, 0.29) is 24.3 Å². The number of Topliss-reactive ketones (excluding diaryl/α,β-unsaturated/α-hetero) is 1. The van der Waals surface area contributed by atoms with Gasteiger partial charge in [0.05, 0.1) is 6.04 Å². The van der Waals surface area contributed by atoms with E-state index in [9.17, 15) is 4.79 Å². The summed E-state index contributed by atoms with van der Waals surface area (Å²) in [5.74, 6) is 0.308. The minimum absolute atomic E-state index is 0.0417. The molecule has 0 fully saturated rings. The predicted molar refractivity (Wildman–Crippen MR) is 55.4 cm³/mol. The minimum atomic E-state index is -2.19. The first kappa shape index (κ1) is 6.85. The zero-order chi connectivity index (χ0) is 13.3. The first-order valence-corrected chi connectivity index (χ1v) is 4.52. The number of ketones is 1. The number of ether oxygens (including phenoxy) is 2. The monoisotopic (exact) mass is 210 g/mol. The SMILES string of the molecule is [2H]CNC(C)C(=O)c1ccc2c(c1)OC([2H])([2H])O2. The van der Waals surface area contributed by atoms with Crippen LogP contribution in [-0.4, -0.2) is 25.6 Å². The molecule has 1 heterocycles. The molecule has 1 N–H and O–H groups in total. The Balaban J connectivity index is 2.21. The van der Waals surface area contributed by atoms with Crippen molar-refractivity contribution in [2.75, 3.05) is 13.8 Å². The van der Waals surface area contributed by atoms with E-state index in [4.69, 9.17) is 13.6 Å². The third-order valence-corrected chi connectivity index (χ3v) is 2.23. The second-order valence-electron chi connectivity index (χ2n) is 3.24. The molecular formula is C11H13NO3. The molecule has 0 aliphatic carbocycles. The first-order valence-electron chi connectivity index (χ1n) is 6.22. The van der Waals surface area contributed by atoms with Gasteiger partial charge >= 0.3 is 0 Å². The molecule has 0 aromatic heterocycles. The maximum absolute atomic E-state index is 12.0. The third-order valence-electron chi connectivity index (χ3n) is 2.23. The van der Waals surface area contributed by atoms with Crippen molar-refractivity contribution in [3.05, 3.63) is 23.8 Å². The molecule has 0 saturated carbocycles. The molecule has 2 rings (SSSR count). The van der Waals surface area contributed by atoms with Crippen LogP contribution in [0.2, 0.25) is 0 Å². The van der Waals surface area contributed by atoms with Gasteiger partial charge in [-0.25, -0.2) is 0 Å².